The topological polar surface area (TPSA) is 47.6 Å². The van der Waals surface area contributed by atoms with Gasteiger partial charge < -0.3 is 14.8 Å². The second-order valence-electron chi connectivity index (χ2n) is 6.63. The maximum absolute atomic E-state index is 12.3. The van der Waals surface area contributed by atoms with Crippen LogP contribution in [-0.2, 0) is 4.74 Å². The molecule has 23 heavy (non-hydrogen) atoms. The predicted octanol–water partition coefficient (Wildman–Crippen LogP) is 3.70. The van der Waals surface area contributed by atoms with Gasteiger partial charge in [-0.05, 0) is 49.9 Å². The molecule has 1 aromatic rings. The van der Waals surface area contributed by atoms with Crippen LogP contribution in [0.2, 0.25) is 0 Å². The summed E-state index contributed by atoms with van der Waals surface area (Å²) in [6, 6.07) is 7.77. The van der Waals surface area contributed by atoms with Crippen molar-refractivity contribution in [3.8, 4) is 5.75 Å². The van der Waals surface area contributed by atoms with E-state index >= 15 is 0 Å². The maximum atomic E-state index is 12.3. The van der Waals surface area contributed by atoms with E-state index in [4.69, 9.17) is 9.47 Å². The zero-order valence-electron chi connectivity index (χ0n) is 13.8. The molecule has 0 unspecified atom stereocenters. The lowest BCUT2D eigenvalue weighted by atomic mass is 10.1. The summed E-state index contributed by atoms with van der Waals surface area (Å²) in [5.41, 5.74) is 0.707. The van der Waals surface area contributed by atoms with Gasteiger partial charge in [0.2, 0.25) is 0 Å². The van der Waals surface area contributed by atoms with Gasteiger partial charge in [0.25, 0.3) is 5.91 Å². The molecule has 126 valence electrons. The molecule has 0 spiro atoms. The van der Waals surface area contributed by atoms with E-state index in [1.165, 1.54) is 25.7 Å². The first-order valence-corrected chi connectivity index (χ1v) is 8.96. The molecule has 2 aliphatic rings. The first kappa shape index (κ1) is 16.3. The van der Waals surface area contributed by atoms with E-state index in [1.54, 1.807) is 0 Å². The van der Waals surface area contributed by atoms with E-state index in [-0.39, 0.29) is 12.0 Å². The third-order valence-electron chi connectivity index (χ3n) is 4.77. The average molecular weight is 317 g/mol. The molecule has 1 saturated carbocycles. The smallest absolute Gasteiger partial charge is 0.251 e. The monoisotopic (exact) mass is 317 g/mol. The Morgan fingerprint density at radius 1 is 1.04 bits per heavy atom. The lowest BCUT2D eigenvalue weighted by Gasteiger charge is -2.16. The summed E-state index contributed by atoms with van der Waals surface area (Å²) in [7, 11) is 0. The largest absolute Gasteiger partial charge is 0.491 e. The van der Waals surface area contributed by atoms with E-state index in [0.29, 0.717) is 18.2 Å². The molecule has 1 aromatic carbocycles. The third kappa shape index (κ3) is 4.96. The van der Waals surface area contributed by atoms with Crippen molar-refractivity contribution in [1.82, 2.24) is 5.32 Å². The summed E-state index contributed by atoms with van der Waals surface area (Å²) in [5.74, 6) is 0.828. The van der Waals surface area contributed by atoms with Crippen LogP contribution in [0.3, 0.4) is 0 Å². The van der Waals surface area contributed by atoms with Crippen molar-refractivity contribution in [2.45, 2.75) is 63.5 Å². The summed E-state index contributed by atoms with van der Waals surface area (Å²) >= 11 is 0. The van der Waals surface area contributed by atoms with Crippen molar-refractivity contribution in [3.05, 3.63) is 29.8 Å². The molecular weight excluding hydrogens is 290 g/mol. The minimum atomic E-state index is 0.0302. The van der Waals surface area contributed by atoms with Gasteiger partial charge in [-0.15, -0.1) is 0 Å². The quantitative estimate of drug-likeness (QED) is 0.842. The molecule has 3 rings (SSSR count). The minimum Gasteiger partial charge on any atom is -0.491 e. The Balaban J connectivity index is 1.48. The molecule has 4 heteroatoms. The van der Waals surface area contributed by atoms with Crippen LogP contribution in [0.25, 0.3) is 0 Å². The highest BCUT2D eigenvalue weighted by atomic mass is 16.5. The molecule has 1 aliphatic carbocycles. The van der Waals surface area contributed by atoms with Crippen LogP contribution in [0.1, 0.15) is 61.7 Å². The van der Waals surface area contributed by atoms with Gasteiger partial charge in [0.15, 0.2) is 0 Å². The highest BCUT2D eigenvalue weighted by Gasteiger charge is 2.17. The van der Waals surface area contributed by atoms with Crippen molar-refractivity contribution < 1.29 is 14.3 Å². The number of amides is 1. The average Bonchev–Trinajstić information content (AvgIpc) is 2.97. The second-order valence-corrected chi connectivity index (χ2v) is 6.63. The lowest BCUT2D eigenvalue weighted by molar-refractivity contribution is 0.0679. The summed E-state index contributed by atoms with van der Waals surface area (Å²) in [6.07, 6.45) is 9.65. The highest BCUT2D eigenvalue weighted by Crippen LogP contribution is 2.19. The Kier molecular flexibility index (Phi) is 5.92. The van der Waals surface area contributed by atoms with Gasteiger partial charge in [0, 0.05) is 18.2 Å². The molecule has 4 nitrogen and oxygen atoms in total. The van der Waals surface area contributed by atoms with E-state index in [9.17, 15) is 4.79 Å². The summed E-state index contributed by atoms with van der Waals surface area (Å²) < 4.78 is 11.3. The zero-order chi connectivity index (χ0) is 15.9. The molecule has 0 radical (unpaired) electrons. The maximum Gasteiger partial charge on any atom is 0.251 e. The number of rotatable bonds is 5. The number of carbonyl (C=O) groups is 1. The number of carbonyl (C=O) groups excluding carboxylic acids is 1. The minimum absolute atomic E-state index is 0.0302. The molecule has 0 aromatic heterocycles. The summed E-state index contributed by atoms with van der Waals surface area (Å²) in [6.45, 7) is 1.43. The Morgan fingerprint density at radius 3 is 2.43 bits per heavy atom. The molecule has 2 fully saturated rings. The van der Waals surface area contributed by atoms with Crippen molar-refractivity contribution in [2.24, 2.45) is 0 Å². The first-order chi connectivity index (χ1) is 11.3. The van der Waals surface area contributed by atoms with E-state index < -0.39 is 0 Å². The third-order valence-corrected chi connectivity index (χ3v) is 4.77. The van der Waals surface area contributed by atoms with E-state index in [0.717, 1.165) is 38.0 Å². The van der Waals surface area contributed by atoms with Gasteiger partial charge in [-0.1, -0.05) is 25.7 Å². The van der Waals surface area contributed by atoms with Gasteiger partial charge in [-0.3, -0.25) is 4.79 Å². The van der Waals surface area contributed by atoms with Gasteiger partial charge in [0.1, 0.15) is 12.4 Å². The van der Waals surface area contributed by atoms with Crippen molar-refractivity contribution in [3.63, 3.8) is 0 Å². The summed E-state index contributed by atoms with van der Waals surface area (Å²) in [4.78, 5) is 12.3. The second kappa shape index (κ2) is 8.34. The standard InChI is InChI=1S/C19H27NO3/c21-19(20-16-6-3-1-2-4-7-16)15-9-11-17(12-10-15)23-14-18-8-5-13-22-18/h9-12,16,18H,1-8,13-14H2,(H,20,21)/t18-/m0/s1. The Morgan fingerprint density at radius 2 is 1.78 bits per heavy atom. The molecular formula is C19H27NO3. The fourth-order valence-electron chi connectivity index (χ4n) is 3.36. The number of hydrogen-bond donors (Lipinski definition) is 1. The number of ether oxygens (including phenoxy) is 2. The Labute approximate surface area is 138 Å². The molecule has 1 aliphatic heterocycles. The fourth-order valence-corrected chi connectivity index (χ4v) is 3.36. The number of nitrogens with one attached hydrogen (secondary N) is 1. The Bertz CT molecular complexity index is 486. The molecule has 1 heterocycles. The Hall–Kier alpha value is -1.55. The lowest BCUT2D eigenvalue weighted by Crippen LogP contribution is -2.34. The first-order valence-electron chi connectivity index (χ1n) is 8.96. The molecule has 1 atom stereocenters. The van der Waals surface area contributed by atoms with Crippen LogP contribution in [0.15, 0.2) is 24.3 Å². The van der Waals surface area contributed by atoms with Gasteiger partial charge >= 0.3 is 0 Å². The van der Waals surface area contributed by atoms with Crippen LogP contribution < -0.4 is 10.1 Å². The number of hydrogen-bond acceptors (Lipinski definition) is 3. The zero-order valence-corrected chi connectivity index (χ0v) is 13.8. The van der Waals surface area contributed by atoms with Gasteiger partial charge in [-0.25, -0.2) is 0 Å². The van der Waals surface area contributed by atoms with Gasteiger partial charge in [-0.2, -0.15) is 0 Å². The van der Waals surface area contributed by atoms with Crippen molar-refractivity contribution in [2.75, 3.05) is 13.2 Å². The molecule has 1 amide bonds. The van der Waals surface area contributed by atoms with Crippen LogP contribution in [-0.4, -0.2) is 31.3 Å². The molecule has 1 saturated heterocycles. The van der Waals surface area contributed by atoms with Crippen LogP contribution >= 0.6 is 0 Å². The van der Waals surface area contributed by atoms with Crippen LogP contribution in [0, 0.1) is 0 Å². The SMILES string of the molecule is O=C(NC1CCCCCC1)c1ccc(OC[C@@H]2CCCO2)cc1. The van der Waals surface area contributed by atoms with E-state index in [1.807, 2.05) is 24.3 Å². The highest BCUT2D eigenvalue weighted by molar-refractivity contribution is 5.94. The number of benzene rings is 1. The predicted molar refractivity (Wildman–Crippen MR) is 89.9 cm³/mol. The normalized spacial score (nSPS) is 22.5. The van der Waals surface area contributed by atoms with Crippen LogP contribution in [0.4, 0.5) is 0 Å². The van der Waals surface area contributed by atoms with Gasteiger partial charge in [0.05, 0.1) is 6.10 Å². The molecule has 1 N–H and O–H groups in total. The summed E-state index contributed by atoms with van der Waals surface area (Å²) in [5, 5.41) is 3.17. The molecule has 0 bridgehead atoms. The van der Waals surface area contributed by atoms with Crippen molar-refractivity contribution >= 4 is 5.91 Å². The van der Waals surface area contributed by atoms with Crippen LogP contribution in [0.5, 0.6) is 5.75 Å². The van der Waals surface area contributed by atoms with Crippen molar-refractivity contribution in [1.29, 1.82) is 0 Å². The fraction of sp³-hybridized carbons (Fsp3) is 0.632. The van der Waals surface area contributed by atoms with E-state index in [2.05, 4.69) is 5.32 Å².